The van der Waals surface area contributed by atoms with Crippen LogP contribution in [0, 0.1) is 15.4 Å². The maximum atomic E-state index is 5.95. The van der Waals surface area contributed by atoms with Gasteiger partial charge in [-0.3, -0.25) is 0 Å². The quantitative estimate of drug-likeness (QED) is 0.405. The second-order valence-corrected chi connectivity index (χ2v) is 5.32. The summed E-state index contributed by atoms with van der Waals surface area (Å²) in [5.41, 5.74) is 1.23. The van der Waals surface area contributed by atoms with Gasteiger partial charge in [-0.15, -0.1) is 5.92 Å². The van der Waals surface area contributed by atoms with Gasteiger partial charge in [0.25, 0.3) is 0 Å². The zero-order valence-electron chi connectivity index (χ0n) is 9.52. The van der Waals surface area contributed by atoms with Crippen molar-refractivity contribution in [3.63, 3.8) is 0 Å². The van der Waals surface area contributed by atoms with Gasteiger partial charge in [-0.1, -0.05) is 37.3 Å². The molecule has 0 saturated heterocycles. The van der Waals surface area contributed by atoms with Crippen LogP contribution in [0.25, 0.3) is 0 Å². The largest absolute Gasteiger partial charge is 0.103 e. The summed E-state index contributed by atoms with van der Waals surface area (Å²) in [5.74, 6) is 6.43. The van der Waals surface area contributed by atoms with Crippen LogP contribution in [-0.2, 0) is 6.42 Å². The van der Waals surface area contributed by atoms with E-state index in [1.807, 2.05) is 18.2 Å². The van der Waals surface area contributed by atoms with Crippen molar-refractivity contribution >= 4 is 34.2 Å². The van der Waals surface area contributed by atoms with Crippen LogP contribution < -0.4 is 0 Å². The molecule has 0 aromatic heterocycles. The Bertz CT molecular complexity index is 387. The van der Waals surface area contributed by atoms with Crippen LogP contribution in [-0.4, -0.2) is 0 Å². The summed E-state index contributed by atoms with van der Waals surface area (Å²) in [6.45, 7) is 2.21. The molecule has 1 rings (SSSR count). The van der Waals surface area contributed by atoms with Gasteiger partial charge in [0.05, 0.1) is 0 Å². The van der Waals surface area contributed by atoms with Crippen molar-refractivity contribution in [3.05, 3.63) is 32.4 Å². The molecule has 0 N–H and O–H groups in total. The van der Waals surface area contributed by atoms with Gasteiger partial charge < -0.3 is 0 Å². The van der Waals surface area contributed by atoms with E-state index in [-0.39, 0.29) is 0 Å². The average molecular weight is 347 g/mol. The molecule has 0 unspecified atom stereocenters. The molecule has 86 valence electrons. The molecule has 0 spiro atoms. The number of hydrogen-bond donors (Lipinski definition) is 0. The summed E-state index contributed by atoms with van der Waals surface area (Å²) in [6.07, 6.45) is 5.59. The maximum absolute atomic E-state index is 5.95. The lowest BCUT2D eigenvalue weighted by molar-refractivity contribution is 0.737. The number of unbranched alkanes of at least 4 members (excludes halogenated alkanes) is 3. The average Bonchev–Trinajstić information content (AvgIpc) is 2.28. The van der Waals surface area contributed by atoms with Gasteiger partial charge in [-0.05, 0) is 52.8 Å². The molecule has 0 fully saturated rings. The summed E-state index contributed by atoms with van der Waals surface area (Å²) in [5, 5.41) is 0.795. The van der Waals surface area contributed by atoms with Crippen LogP contribution in [0.1, 0.15) is 38.2 Å². The Balaban J connectivity index is 2.44. The molecule has 0 aliphatic rings. The molecule has 0 radical (unpaired) electrons. The lowest BCUT2D eigenvalue weighted by Gasteiger charge is -1.99. The minimum atomic E-state index is 0.795. The lowest BCUT2D eigenvalue weighted by atomic mass is 10.1. The Labute approximate surface area is 117 Å². The fraction of sp³-hybridized carbons (Fsp3) is 0.429. The Morgan fingerprint density at radius 1 is 1.25 bits per heavy atom. The SMILES string of the molecule is CCCCCC#CCc1cc(Cl)ccc1I. The lowest BCUT2D eigenvalue weighted by Crippen LogP contribution is -1.86. The number of halogens is 2. The third-order valence-corrected chi connectivity index (χ3v) is 3.60. The van der Waals surface area contributed by atoms with Crippen LogP contribution in [0.3, 0.4) is 0 Å². The summed E-state index contributed by atoms with van der Waals surface area (Å²) in [4.78, 5) is 0. The highest BCUT2D eigenvalue weighted by Crippen LogP contribution is 2.18. The molecule has 0 heterocycles. The van der Waals surface area contributed by atoms with E-state index in [1.54, 1.807) is 0 Å². The smallest absolute Gasteiger partial charge is 0.0409 e. The normalized spacial score (nSPS) is 9.69. The van der Waals surface area contributed by atoms with Crippen molar-refractivity contribution in [1.82, 2.24) is 0 Å². The van der Waals surface area contributed by atoms with Gasteiger partial charge in [0, 0.05) is 21.4 Å². The van der Waals surface area contributed by atoms with Gasteiger partial charge in [-0.2, -0.15) is 0 Å². The molecule has 2 heteroatoms. The van der Waals surface area contributed by atoms with E-state index in [0.29, 0.717) is 0 Å². The molecule has 0 atom stereocenters. The molecule has 1 aromatic carbocycles. The zero-order valence-corrected chi connectivity index (χ0v) is 12.4. The van der Waals surface area contributed by atoms with E-state index in [4.69, 9.17) is 11.6 Å². The van der Waals surface area contributed by atoms with Crippen molar-refractivity contribution in [2.45, 2.75) is 39.0 Å². The van der Waals surface area contributed by atoms with Gasteiger partial charge in [-0.25, -0.2) is 0 Å². The second kappa shape index (κ2) is 7.97. The Morgan fingerprint density at radius 2 is 2.06 bits per heavy atom. The number of benzene rings is 1. The number of hydrogen-bond acceptors (Lipinski definition) is 0. The first-order valence-corrected chi connectivity index (χ1v) is 7.09. The predicted molar refractivity (Wildman–Crippen MR) is 79.8 cm³/mol. The number of rotatable bonds is 4. The molecule has 0 bridgehead atoms. The summed E-state index contributed by atoms with van der Waals surface area (Å²) >= 11 is 8.27. The van der Waals surface area contributed by atoms with Crippen molar-refractivity contribution in [2.24, 2.45) is 0 Å². The highest BCUT2D eigenvalue weighted by molar-refractivity contribution is 14.1. The molecule has 0 nitrogen and oxygen atoms in total. The zero-order chi connectivity index (χ0) is 11.8. The van der Waals surface area contributed by atoms with Crippen LogP contribution in [0.2, 0.25) is 5.02 Å². The third kappa shape index (κ3) is 5.23. The van der Waals surface area contributed by atoms with Crippen LogP contribution in [0.4, 0.5) is 0 Å². The highest BCUT2D eigenvalue weighted by atomic mass is 127. The van der Waals surface area contributed by atoms with Crippen LogP contribution in [0.15, 0.2) is 18.2 Å². The summed E-state index contributed by atoms with van der Waals surface area (Å²) in [7, 11) is 0. The van der Waals surface area contributed by atoms with Crippen LogP contribution >= 0.6 is 34.2 Å². The Hall–Kier alpha value is -0.200. The highest BCUT2D eigenvalue weighted by Gasteiger charge is 1.98. The molecule has 1 aromatic rings. The molecular weight excluding hydrogens is 331 g/mol. The minimum Gasteiger partial charge on any atom is -0.103 e. The maximum Gasteiger partial charge on any atom is 0.0409 e. The molecule has 0 saturated carbocycles. The molecule has 16 heavy (non-hydrogen) atoms. The first-order chi connectivity index (χ1) is 7.74. The van der Waals surface area contributed by atoms with E-state index >= 15 is 0 Å². The first kappa shape index (κ1) is 13.9. The van der Waals surface area contributed by atoms with E-state index in [0.717, 1.165) is 17.9 Å². The molecule has 0 amide bonds. The van der Waals surface area contributed by atoms with E-state index in [2.05, 4.69) is 41.4 Å². The predicted octanol–water partition coefficient (Wildman–Crippen LogP) is 5.07. The van der Waals surface area contributed by atoms with E-state index in [9.17, 15) is 0 Å². The second-order valence-electron chi connectivity index (χ2n) is 3.72. The van der Waals surface area contributed by atoms with Crippen molar-refractivity contribution in [1.29, 1.82) is 0 Å². The molecule has 0 aliphatic carbocycles. The van der Waals surface area contributed by atoms with Gasteiger partial charge in [0.2, 0.25) is 0 Å². The molecular formula is C14H16ClI. The van der Waals surface area contributed by atoms with Gasteiger partial charge in [0.1, 0.15) is 0 Å². The van der Waals surface area contributed by atoms with Crippen molar-refractivity contribution in [2.75, 3.05) is 0 Å². The fourth-order valence-corrected chi connectivity index (χ4v) is 2.11. The first-order valence-electron chi connectivity index (χ1n) is 5.63. The summed E-state index contributed by atoms with van der Waals surface area (Å²) in [6, 6.07) is 5.96. The Morgan fingerprint density at radius 3 is 2.81 bits per heavy atom. The van der Waals surface area contributed by atoms with Gasteiger partial charge >= 0.3 is 0 Å². The molecule has 0 aliphatic heterocycles. The summed E-state index contributed by atoms with van der Waals surface area (Å²) < 4.78 is 1.24. The van der Waals surface area contributed by atoms with Crippen molar-refractivity contribution in [3.8, 4) is 11.8 Å². The minimum absolute atomic E-state index is 0.795. The van der Waals surface area contributed by atoms with E-state index in [1.165, 1.54) is 28.4 Å². The van der Waals surface area contributed by atoms with Crippen LogP contribution in [0.5, 0.6) is 0 Å². The van der Waals surface area contributed by atoms with Gasteiger partial charge in [0.15, 0.2) is 0 Å². The standard InChI is InChI=1S/C14H16ClI/c1-2-3-4-5-6-7-8-12-11-13(15)9-10-14(12)16/h9-11H,2-5,8H2,1H3. The Kier molecular flexibility index (Phi) is 6.91. The van der Waals surface area contributed by atoms with E-state index < -0.39 is 0 Å². The topological polar surface area (TPSA) is 0 Å². The third-order valence-electron chi connectivity index (χ3n) is 2.32. The fourth-order valence-electron chi connectivity index (χ4n) is 1.39. The monoisotopic (exact) mass is 346 g/mol. The van der Waals surface area contributed by atoms with Crippen molar-refractivity contribution < 1.29 is 0 Å².